The van der Waals surface area contributed by atoms with Crippen molar-refractivity contribution in [2.24, 2.45) is 0 Å². The molecule has 0 bridgehead atoms. The van der Waals surface area contributed by atoms with Gasteiger partial charge < -0.3 is 0 Å². The summed E-state index contributed by atoms with van der Waals surface area (Å²) < 4.78 is 15.5. The van der Waals surface area contributed by atoms with Gasteiger partial charge >= 0.3 is 0 Å². The van der Waals surface area contributed by atoms with Crippen LogP contribution in [0.5, 0.6) is 0 Å². The number of thiophene rings is 1. The van der Waals surface area contributed by atoms with Crippen molar-refractivity contribution in [2.45, 2.75) is 19.6 Å². The van der Waals surface area contributed by atoms with Gasteiger partial charge in [-0.3, -0.25) is 19.2 Å². The average molecular weight is 474 g/mol. The molecule has 0 atom stereocenters. The lowest BCUT2D eigenvalue weighted by Gasteiger charge is -2.34. The molecule has 0 N–H and O–H groups in total. The first kappa shape index (κ1) is 22.4. The Morgan fingerprint density at radius 3 is 2.35 bits per heavy atom. The van der Waals surface area contributed by atoms with E-state index in [4.69, 9.17) is 4.98 Å². The van der Waals surface area contributed by atoms with Crippen LogP contribution in [-0.4, -0.2) is 45.5 Å². The zero-order chi connectivity index (χ0) is 23.5. The van der Waals surface area contributed by atoms with Crippen LogP contribution in [0, 0.1) is 17.1 Å². The van der Waals surface area contributed by atoms with Crippen molar-refractivity contribution in [3.05, 3.63) is 87.5 Å². The van der Waals surface area contributed by atoms with E-state index < -0.39 is 0 Å². The molecule has 1 aliphatic rings. The van der Waals surface area contributed by atoms with E-state index in [9.17, 15) is 14.4 Å². The van der Waals surface area contributed by atoms with Gasteiger partial charge in [0, 0.05) is 49.2 Å². The van der Waals surface area contributed by atoms with Crippen LogP contribution < -0.4 is 5.56 Å². The second-order valence-electron chi connectivity index (χ2n) is 8.42. The first-order valence-corrected chi connectivity index (χ1v) is 12.1. The molecule has 0 spiro atoms. The molecule has 1 saturated heterocycles. The second kappa shape index (κ2) is 9.85. The zero-order valence-electron chi connectivity index (χ0n) is 18.7. The second-order valence-corrected chi connectivity index (χ2v) is 9.27. The summed E-state index contributed by atoms with van der Waals surface area (Å²) in [6.45, 7) is 4.23. The molecule has 6 nitrogen and oxygen atoms in total. The van der Waals surface area contributed by atoms with Gasteiger partial charge in [0.15, 0.2) is 0 Å². The Hall–Kier alpha value is -3.38. The Bertz CT molecular complexity index is 1400. The Morgan fingerprint density at radius 1 is 0.971 bits per heavy atom. The SMILES string of the molecule is N#CCn1c(CN2CCN(Cc3ccccc3F)CC2)nc2scc(-c3ccccc3)c2c1=O. The topological polar surface area (TPSA) is 65.2 Å². The molecule has 0 aliphatic carbocycles. The van der Waals surface area contributed by atoms with Crippen LogP contribution in [0.1, 0.15) is 11.4 Å². The number of benzene rings is 2. The average Bonchev–Trinajstić information content (AvgIpc) is 3.29. The lowest BCUT2D eigenvalue weighted by Crippen LogP contribution is -2.46. The van der Waals surface area contributed by atoms with E-state index in [0.29, 0.717) is 34.7 Å². The maximum absolute atomic E-state index is 14.0. The predicted octanol–water partition coefficient (Wildman–Crippen LogP) is 4.11. The molecular formula is C26H24FN5OS. The van der Waals surface area contributed by atoms with E-state index in [-0.39, 0.29) is 17.9 Å². The van der Waals surface area contributed by atoms with E-state index in [1.165, 1.54) is 22.0 Å². The van der Waals surface area contributed by atoms with E-state index in [1.807, 2.05) is 47.8 Å². The Kier molecular flexibility index (Phi) is 6.50. The molecule has 2 aromatic carbocycles. The predicted molar refractivity (Wildman–Crippen MR) is 132 cm³/mol. The fourth-order valence-electron chi connectivity index (χ4n) is 4.42. The number of halogens is 1. The summed E-state index contributed by atoms with van der Waals surface area (Å²) in [5.74, 6) is 0.442. The summed E-state index contributed by atoms with van der Waals surface area (Å²) in [5, 5.41) is 11.9. The van der Waals surface area contributed by atoms with Crippen LogP contribution in [-0.2, 0) is 19.6 Å². The van der Waals surface area contributed by atoms with Crippen molar-refractivity contribution >= 4 is 21.6 Å². The number of piperazine rings is 1. The zero-order valence-corrected chi connectivity index (χ0v) is 19.5. The monoisotopic (exact) mass is 473 g/mol. The minimum atomic E-state index is -0.172. The summed E-state index contributed by atoms with van der Waals surface area (Å²) >= 11 is 1.46. The van der Waals surface area contributed by atoms with Gasteiger partial charge in [-0.2, -0.15) is 5.26 Å². The molecule has 3 heterocycles. The first-order valence-electron chi connectivity index (χ1n) is 11.3. The number of fused-ring (bicyclic) bond motifs is 1. The van der Waals surface area contributed by atoms with Crippen LogP contribution >= 0.6 is 11.3 Å². The highest BCUT2D eigenvalue weighted by Crippen LogP contribution is 2.31. The third kappa shape index (κ3) is 4.50. The molecule has 0 radical (unpaired) electrons. The fourth-order valence-corrected chi connectivity index (χ4v) is 5.38. The Balaban J connectivity index is 1.36. The third-order valence-electron chi connectivity index (χ3n) is 6.27. The molecule has 1 fully saturated rings. The molecule has 172 valence electrons. The normalized spacial score (nSPS) is 14.9. The van der Waals surface area contributed by atoms with Crippen LogP contribution in [0.4, 0.5) is 4.39 Å². The van der Waals surface area contributed by atoms with Gasteiger partial charge in [0.05, 0.1) is 18.0 Å². The van der Waals surface area contributed by atoms with Crippen LogP contribution in [0.15, 0.2) is 64.8 Å². The maximum atomic E-state index is 14.0. The number of rotatable bonds is 6. The van der Waals surface area contributed by atoms with Gasteiger partial charge in [0.1, 0.15) is 23.0 Å². The summed E-state index contributed by atoms with van der Waals surface area (Å²) in [6.07, 6.45) is 0. The molecular weight excluding hydrogens is 449 g/mol. The number of hydrogen-bond acceptors (Lipinski definition) is 6. The summed E-state index contributed by atoms with van der Waals surface area (Å²) in [6, 6.07) is 18.8. The van der Waals surface area contributed by atoms with Crippen LogP contribution in [0.25, 0.3) is 21.3 Å². The molecule has 1 aliphatic heterocycles. The molecule has 4 aromatic rings. The highest BCUT2D eigenvalue weighted by Gasteiger charge is 2.22. The van der Waals surface area contributed by atoms with Gasteiger partial charge in [-0.05, 0) is 11.6 Å². The van der Waals surface area contributed by atoms with E-state index in [0.717, 1.165) is 37.3 Å². The minimum Gasteiger partial charge on any atom is -0.296 e. The number of hydrogen-bond donors (Lipinski definition) is 0. The van der Waals surface area contributed by atoms with Crippen molar-refractivity contribution in [3.8, 4) is 17.2 Å². The Morgan fingerprint density at radius 2 is 1.65 bits per heavy atom. The van der Waals surface area contributed by atoms with Crippen molar-refractivity contribution < 1.29 is 4.39 Å². The molecule has 2 aromatic heterocycles. The Labute approximate surface area is 201 Å². The third-order valence-corrected chi connectivity index (χ3v) is 7.14. The van der Waals surface area contributed by atoms with Gasteiger partial charge in [0.25, 0.3) is 5.56 Å². The van der Waals surface area contributed by atoms with Crippen molar-refractivity contribution in [1.29, 1.82) is 5.26 Å². The number of aromatic nitrogens is 2. The van der Waals surface area contributed by atoms with Crippen molar-refractivity contribution in [1.82, 2.24) is 19.4 Å². The fraction of sp³-hybridized carbons (Fsp3) is 0.269. The summed E-state index contributed by atoms with van der Waals surface area (Å²) in [7, 11) is 0. The van der Waals surface area contributed by atoms with Gasteiger partial charge in [0.2, 0.25) is 0 Å². The molecule has 0 amide bonds. The molecule has 0 unspecified atom stereocenters. The molecule has 0 saturated carbocycles. The van der Waals surface area contributed by atoms with E-state index in [2.05, 4.69) is 15.9 Å². The van der Waals surface area contributed by atoms with Gasteiger partial charge in [-0.25, -0.2) is 9.37 Å². The largest absolute Gasteiger partial charge is 0.296 e. The lowest BCUT2D eigenvalue weighted by molar-refractivity contribution is 0.118. The smallest absolute Gasteiger partial charge is 0.263 e. The molecule has 5 rings (SSSR count). The number of nitriles is 1. The standard InChI is InChI=1S/C26H24FN5OS/c27-22-9-5-4-8-20(22)16-30-12-14-31(15-13-30)17-23-29-25-24(26(33)32(23)11-10-28)21(18-34-25)19-6-2-1-3-7-19/h1-9,18H,11-17H2. The van der Waals surface area contributed by atoms with Crippen LogP contribution in [0.2, 0.25) is 0 Å². The quantitative estimate of drug-likeness (QED) is 0.422. The van der Waals surface area contributed by atoms with E-state index in [1.54, 1.807) is 6.07 Å². The molecule has 34 heavy (non-hydrogen) atoms. The van der Waals surface area contributed by atoms with Crippen LogP contribution in [0.3, 0.4) is 0 Å². The lowest BCUT2D eigenvalue weighted by atomic mass is 10.1. The summed E-state index contributed by atoms with van der Waals surface area (Å²) in [5.41, 5.74) is 2.37. The van der Waals surface area contributed by atoms with Crippen molar-refractivity contribution in [3.63, 3.8) is 0 Å². The highest BCUT2D eigenvalue weighted by atomic mass is 32.1. The van der Waals surface area contributed by atoms with Crippen molar-refractivity contribution in [2.75, 3.05) is 26.2 Å². The minimum absolute atomic E-state index is 0.0333. The van der Waals surface area contributed by atoms with E-state index >= 15 is 0 Å². The molecule has 8 heteroatoms. The maximum Gasteiger partial charge on any atom is 0.263 e. The number of nitrogens with zero attached hydrogens (tertiary/aromatic N) is 5. The highest BCUT2D eigenvalue weighted by molar-refractivity contribution is 7.17. The first-order chi connectivity index (χ1) is 16.6. The van der Waals surface area contributed by atoms with Gasteiger partial charge in [-0.1, -0.05) is 48.5 Å². The van der Waals surface area contributed by atoms with Gasteiger partial charge in [-0.15, -0.1) is 11.3 Å². The summed E-state index contributed by atoms with van der Waals surface area (Å²) in [4.78, 5) is 23.4.